The zero-order valence-electron chi connectivity index (χ0n) is 49.9. The van der Waals surface area contributed by atoms with E-state index in [2.05, 4.69) is 191 Å². The molecule has 0 heterocycles. The van der Waals surface area contributed by atoms with Crippen molar-refractivity contribution < 1.29 is 28.6 Å². The first-order valence-corrected chi connectivity index (χ1v) is 31.1. The molecule has 0 fully saturated rings. The lowest BCUT2D eigenvalue weighted by Crippen LogP contribution is -2.30. The van der Waals surface area contributed by atoms with Gasteiger partial charge in [0.1, 0.15) is 13.2 Å². The molecule has 6 nitrogen and oxygen atoms in total. The number of carbonyl (C=O) groups excluding carboxylic acids is 3. The van der Waals surface area contributed by atoms with Gasteiger partial charge in [-0.25, -0.2) is 0 Å². The summed E-state index contributed by atoms with van der Waals surface area (Å²) in [5.41, 5.74) is 0. The monoisotopic (exact) mass is 1070 g/mol. The summed E-state index contributed by atoms with van der Waals surface area (Å²) in [5, 5.41) is 0. The van der Waals surface area contributed by atoms with Gasteiger partial charge in [-0.1, -0.05) is 249 Å². The highest BCUT2D eigenvalue weighted by molar-refractivity contribution is 5.71. The molecule has 0 N–H and O–H groups in total. The molecular weight excluding hydrogens is 961 g/mol. The molecule has 0 bridgehead atoms. The molecule has 0 aromatic heterocycles. The van der Waals surface area contributed by atoms with Crippen molar-refractivity contribution in [3.05, 3.63) is 170 Å². The molecule has 0 amide bonds. The minimum absolute atomic E-state index is 0.105. The van der Waals surface area contributed by atoms with Gasteiger partial charge in [0.25, 0.3) is 0 Å². The molecule has 0 saturated heterocycles. The van der Waals surface area contributed by atoms with Crippen molar-refractivity contribution in [3.8, 4) is 0 Å². The van der Waals surface area contributed by atoms with Crippen molar-refractivity contribution in [1.82, 2.24) is 0 Å². The smallest absolute Gasteiger partial charge is 0.306 e. The zero-order valence-corrected chi connectivity index (χ0v) is 49.9. The largest absolute Gasteiger partial charge is 0.462 e. The Balaban J connectivity index is 4.30. The van der Waals surface area contributed by atoms with Crippen LogP contribution < -0.4 is 0 Å². The third-order valence-corrected chi connectivity index (χ3v) is 12.4. The maximum absolute atomic E-state index is 12.8. The Labute approximate surface area is 479 Å². The van der Waals surface area contributed by atoms with Crippen LogP contribution in [0.1, 0.15) is 245 Å². The van der Waals surface area contributed by atoms with E-state index in [1.54, 1.807) is 0 Å². The van der Waals surface area contributed by atoms with E-state index in [4.69, 9.17) is 14.2 Å². The fourth-order valence-electron chi connectivity index (χ4n) is 7.84. The Morgan fingerprint density at radius 2 is 0.500 bits per heavy atom. The first kappa shape index (κ1) is 72.8. The number of unbranched alkanes of at least 4 members (excludes halogenated alkanes) is 15. The van der Waals surface area contributed by atoms with Crippen LogP contribution in [0.3, 0.4) is 0 Å². The molecule has 0 rings (SSSR count). The topological polar surface area (TPSA) is 78.9 Å². The minimum Gasteiger partial charge on any atom is -0.462 e. The van der Waals surface area contributed by atoms with Crippen LogP contribution in [-0.4, -0.2) is 37.2 Å². The third-order valence-electron chi connectivity index (χ3n) is 12.4. The Morgan fingerprint density at radius 1 is 0.269 bits per heavy atom. The Morgan fingerprint density at radius 3 is 0.795 bits per heavy atom. The molecule has 0 aromatic rings. The van der Waals surface area contributed by atoms with E-state index in [0.717, 1.165) is 193 Å². The summed E-state index contributed by atoms with van der Waals surface area (Å²) >= 11 is 0. The van der Waals surface area contributed by atoms with E-state index in [0.29, 0.717) is 19.3 Å². The van der Waals surface area contributed by atoms with Gasteiger partial charge in [0.05, 0.1) is 0 Å². The van der Waals surface area contributed by atoms with Gasteiger partial charge >= 0.3 is 17.9 Å². The van der Waals surface area contributed by atoms with Crippen LogP contribution in [0.5, 0.6) is 0 Å². The Kier molecular flexibility index (Phi) is 60.0. The molecular formula is C72H112O6. The normalized spacial score (nSPS) is 13.3. The molecule has 78 heavy (non-hydrogen) atoms. The highest BCUT2D eigenvalue weighted by Gasteiger charge is 2.19. The van der Waals surface area contributed by atoms with Crippen LogP contribution in [0, 0.1) is 0 Å². The number of hydrogen-bond donors (Lipinski definition) is 0. The summed E-state index contributed by atoms with van der Waals surface area (Å²) in [7, 11) is 0. The molecule has 0 aliphatic heterocycles. The minimum atomic E-state index is -0.809. The molecule has 0 aromatic carbocycles. The van der Waals surface area contributed by atoms with E-state index in [-0.39, 0.29) is 31.1 Å². The lowest BCUT2D eigenvalue weighted by Gasteiger charge is -2.18. The fraction of sp³-hybridized carbons (Fsp3) is 0.569. The second-order valence-corrected chi connectivity index (χ2v) is 19.8. The maximum atomic E-state index is 12.8. The van der Waals surface area contributed by atoms with Crippen LogP contribution in [0.4, 0.5) is 0 Å². The average Bonchev–Trinajstić information content (AvgIpc) is 3.44. The van der Waals surface area contributed by atoms with Gasteiger partial charge < -0.3 is 14.2 Å². The second-order valence-electron chi connectivity index (χ2n) is 19.8. The van der Waals surface area contributed by atoms with E-state index in [1.807, 2.05) is 0 Å². The third kappa shape index (κ3) is 61.6. The van der Waals surface area contributed by atoms with E-state index in [9.17, 15) is 14.4 Å². The summed E-state index contributed by atoms with van der Waals surface area (Å²) < 4.78 is 16.8. The summed E-state index contributed by atoms with van der Waals surface area (Å²) in [6.45, 7) is 6.29. The Bertz CT molecular complexity index is 1810. The number of carbonyl (C=O) groups is 3. The van der Waals surface area contributed by atoms with Crippen LogP contribution >= 0.6 is 0 Å². The van der Waals surface area contributed by atoms with Gasteiger partial charge in [-0.05, 0) is 148 Å². The summed E-state index contributed by atoms with van der Waals surface area (Å²) in [6, 6.07) is 0. The number of rotatable bonds is 54. The number of esters is 3. The van der Waals surface area contributed by atoms with Crippen LogP contribution in [0.25, 0.3) is 0 Å². The lowest BCUT2D eigenvalue weighted by molar-refractivity contribution is -0.167. The van der Waals surface area contributed by atoms with Crippen molar-refractivity contribution >= 4 is 17.9 Å². The van der Waals surface area contributed by atoms with E-state index in [1.165, 1.54) is 12.8 Å². The molecule has 0 radical (unpaired) electrons. The van der Waals surface area contributed by atoms with Gasteiger partial charge in [0, 0.05) is 19.3 Å². The van der Waals surface area contributed by atoms with Gasteiger partial charge in [-0.2, -0.15) is 0 Å². The van der Waals surface area contributed by atoms with Crippen molar-refractivity contribution in [2.24, 2.45) is 0 Å². The zero-order chi connectivity index (χ0) is 56.4. The van der Waals surface area contributed by atoms with Gasteiger partial charge in [0.15, 0.2) is 6.10 Å². The van der Waals surface area contributed by atoms with E-state index >= 15 is 0 Å². The molecule has 0 spiro atoms. The maximum Gasteiger partial charge on any atom is 0.306 e. The predicted molar refractivity (Wildman–Crippen MR) is 338 cm³/mol. The van der Waals surface area contributed by atoms with Crippen LogP contribution in [0.2, 0.25) is 0 Å². The molecule has 436 valence electrons. The lowest BCUT2D eigenvalue weighted by atomic mass is 10.1. The van der Waals surface area contributed by atoms with Crippen molar-refractivity contribution in [2.45, 2.75) is 252 Å². The number of allylic oxidation sites excluding steroid dienone is 28. The van der Waals surface area contributed by atoms with E-state index < -0.39 is 6.10 Å². The molecule has 0 aliphatic carbocycles. The number of hydrogen-bond acceptors (Lipinski definition) is 6. The summed E-state index contributed by atoms with van der Waals surface area (Å²) in [4.78, 5) is 38.1. The summed E-state index contributed by atoms with van der Waals surface area (Å²) in [6.07, 6.45) is 95.1. The summed E-state index contributed by atoms with van der Waals surface area (Å²) in [5.74, 6) is -0.967. The molecule has 0 aliphatic rings. The van der Waals surface area contributed by atoms with Gasteiger partial charge in [-0.3, -0.25) is 14.4 Å². The highest BCUT2D eigenvalue weighted by Crippen LogP contribution is 2.13. The van der Waals surface area contributed by atoms with Crippen molar-refractivity contribution in [3.63, 3.8) is 0 Å². The van der Waals surface area contributed by atoms with Crippen LogP contribution in [-0.2, 0) is 28.6 Å². The molecule has 0 saturated carbocycles. The van der Waals surface area contributed by atoms with Crippen LogP contribution in [0.15, 0.2) is 170 Å². The van der Waals surface area contributed by atoms with Crippen molar-refractivity contribution in [1.29, 1.82) is 0 Å². The van der Waals surface area contributed by atoms with Crippen molar-refractivity contribution in [2.75, 3.05) is 13.2 Å². The average molecular weight is 1070 g/mol. The van der Waals surface area contributed by atoms with Gasteiger partial charge in [0.2, 0.25) is 0 Å². The SMILES string of the molecule is CC/C=C\C/C=C\C/C=C\C/C=C\C/C=C\C/C=C\C/C=C\C/C=C\C/C=C\C/C=C\CCCCCCC(=O)OCC(COC(=O)CCCCCCC/C=C\CCC)OC(=O)CCCCCCC/C=C\C/C=C\C/C=C\CC. The fourth-order valence-corrected chi connectivity index (χ4v) is 7.84. The quantitative estimate of drug-likeness (QED) is 0.0261. The molecule has 1 unspecified atom stereocenters. The van der Waals surface area contributed by atoms with Gasteiger partial charge in [-0.15, -0.1) is 0 Å². The first-order chi connectivity index (χ1) is 38.5. The highest BCUT2D eigenvalue weighted by atomic mass is 16.6. The second kappa shape index (κ2) is 64.3. The molecule has 6 heteroatoms. The standard InChI is InChI=1S/C72H112O6/c1-4-7-10-13-16-19-22-24-26-27-28-29-30-31-32-33-34-35-36-37-38-39-40-41-42-43-44-45-47-48-50-53-56-59-62-65-71(74)77-68-69(67-76-70(73)64-61-58-55-52-21-18-15-12-9-6-3)78-72(75)66-63-60-57-54-51-49-46-25-23-20-17-14-11-8-5-2/h7-8,10-12,15-17,19-20,24-26,28-29,31-32,34-35,37-38,40-41,43-44,46-48,69H,4-6,9,13-14,18,21-23,27,30,33,36,39,42,45,49-68H2,1-3H3/b10-7-,11-8-,15-12-,19-16-,20-17-,26-24-,29-28-,32-31-,35-34-,38-37-,41-40-,44-43-,46-25-,48-47-. The predicted octanol–water partition coefficient (Wildman–Crippen LogP) is 21.5. The molecule has 1 atom stereocenters. The Hall–Kier alpha value is -5.23. The first-order valence-electron chi connectivity index (χ1n) is 31.1. The number of ether oxygens (including phenoxy) is 3.